The Labute approximate surface area is 98.1 Å². The van der Waals surface area contributed by atoms with Gasteiger partial charge >= 0.3 is 5.97 Å². The molecule has 0 aliphatic carbocycles. The van der Waals surface area contributed by atoms with Crippen molar-refractivity contribution in [2.24, 2.45) is 5.73 Å². The second-order valence-corrected chi connectivity index (χ2v) is 3.30. The average molecular weight is 238 g/mol. The molecule has 0 atom stereocenters. The molecule has 0 saturated carbocycles. The summed E-state index contributed by atoms with van der Waals surface area (Å²) >= 11 is 0. The van der Waals surface area contributed by atoms with E-state index in [0.717, 1.165) is 0 Å². The van der Waals surface area contributed by atoms with Crippen molar-refractivity contribution in [1.82, 2.24) is 4.98 Å². The number of nitrogens with zero attached hydrogens (tertiary/aromatic N) is 1. The van der Waals surface area contributed by atoms with Gasteiger partial charge in [0.2, 0.25) is 5.91 Å². The fourth-order valence-corrected chi connectivity index (χ4v) is 1.19. The number of esters is 1. The van der Waals surface area contributed by atoms with Crippen molar-refractivity contribution >= 4 is 23.4 Å². The van der Waals surface area contributed by atoms with E-state index in [4.69, 9.17) is 11.5 Å². The molecular weight excluding hydrogens is 224 g/mol. The number of ether oxygens (including phenoxy) is 1. The zero-order valence-electron chi connectivity index (χ0n) is 9.40. The van der Waals surface area contributed by atoms with E-state index in [-0.39, 0.29) is 18.5 Å². The van der Waals surface area contributed by atoms with Crippen molar-refractivity contribution in [1.29, 1.82) is 0 Å². The fraction of sp³-hybridized carbons (Fsp3) is 0.300. The Morgan fingerprint density at radius 3 is 2.82 bits per heavy atom. The molecule has 0 unspecified atom stereocenters. The summed E-state index contributed by atoms with van der Waals surface area (Å²) in [6.45, 7) is 0.288. The molecule has 0 fully saturated rings. The molecular formula is C10H14N4O3. The number of amides is 1. The van der Waals surface area contributed by atoms with Gasteiger partial charge in [0, 0.05) is 13.0 Å². The molecule has 0 aromatic carbocycles. The predicted octanol–water partition coefficient (Wildman–Crippen LogP) is -0.262. The second-order valence-electron chi connectivity index (χ2n) is 3.30. The minimum absolute atomic E-state index is 0.146. The lowest BCUT2D eigenvalue weighted by molar-refractivity contribution is -0.117. The number of carbonyl (C=O) groups is 2. The van der Waals surface area contributed by atoms with Gasteiger partial charge in [-0.1, -0.05) is 0 Å². The topological polar surface area (TPSA) is 120 Å². The van der Waals surface area contributed by atoms with Gasteiger partial charge in [-0.05, 0) is 6.07 Å². The Morgan fingerprint density at radius 1 is 1.53 bits per heavy atom. The molecule has 1 rings (SSSR count). The number of hydrogen-bond acceptors (Lipinski definition) is 6. The molecule has 0 bridgehead atoms. The largest absolute Gasteiger partial charge is 0.465 e. The summed E-state index contributed by atoms with van der Waals surface area (Å²) in [7, 11) is 1.26. The van der Waals surface area contributed by atoms with Crippen molar-refractivity contribution in [2.45, 2.75) is 6.42 Å². The highest BCUT2D eigenvalue weighted by atomic mass is 16.5. The molecule has 0 spiro atoms. The normalized spacial score (nSPS) is 9.71. The number of aromatic nitrogens is 1. The third-order valence-corrected chi connectivity index (χ3v) is 1.98. The first-order chi connectivity index (χ1) is 8.04. The van der Waals surface area contributed by atoms with Gasteiger partial charge in [0.25, 0.3) is 0 Å². The molecule has 0 aliphatic rings. The van der Waals surface area contributed by atoms with Crippen LogP contribution in [0, 0.1) is 0 Å². The van der Waals surface area contributed by atoms with Crippen LogP contribution in [0.1, 0.15) is 16.8 Å². The minimum atomic E-state index is -0.550. The molecule has 7 nitrogen and oxygen atoms in total. The van der Waals surface area contributed by atoms with Crippen LogP contribution >= 0.6 is 0 Å². The van der Waals surface area contributed by atoms with Crippen LogP contribution in [0.3, 0.4) is 0 Å². The smallest absolute Gasteiger partial charge is 0.341 e. The average Bonchev–Trinajstić information content (AvgIpc) is 2.29. The summed E-state index contributed by atoms with van der Waals surface area (Å²) in [5, 5.41) is 2.82. The van der Waals surface area contributed by atoms with Crippen molar-refractivity contribution in [2.75, 3.05) is 24.7 Å². The number of nitrogen functional groups attached to an aromatic ring is 1. The van der Waals surface area contributed by atoms with E-state index in [1.807, 2.05) is 0 Å². The molecule has 1 heterocycles. The van der Waals surface area contributed by atoms with Crippen LogP contribution in [0.2, 0.25) is 0 Å². The molecule has 0 radical (unpaired) electrons. The number of carbonyl (C=O) groups excluding carboxylic acids is 2. The number of anilines is 2. The van der Waals surface area contributed by atoms with Crippen LogP contribution in [0.15, 0.2) is 12.3 Å². The summed E-state index contributed by atoms with van der Waals surface area (Å²) in [5.74, 6) is -0.675. The van der Waals surface area contributed by atoms with Gasteiger partial charge < -0.3 is 21.5 Å². The van der Waals surface area contributed by atoms with E-state index in [9.17, 15) is 9.59 Å². The maximum atomic E-state index is 11.4. The number of nitrogens with one attached hydrogen (secondary N) is 1. The molecule has 5 N–H and O–H groups in total. The van der Waals surface area contributed by atoms with Gasteiger partial charge in [-0.3, -0.25) is 4.79 Å². The van der Waals surface area contributed by atoms with Crippen LogP contribution in [-0.4, -0.2) is 30.5 Å². The Kier molecular flexibility index (Phi) is 4.27. The monoisotopic (exact) mass is 238 g/mol. The Bertz CT molecular complexity index is 434. The van der Waals surface area contributed by atoms with Crippen molar-refractivity contribution in [3.05, 3.63) is 17.8 Å². The minimum Gasteiger partial charge on any atom is -0.465 e. The zero-order valence-corrected chi connectivity index (χ0v) is 9.40. The second kappa shape index (κ2) is 5.69. The quantitative estimate of drug-likeness (QED) is 0.608. The summed E-state index contributed by atoms with van der Waals surface area (Å²) in [6.07, 6.45) is 1.55. The predicted molar refractivity (Wildman–Crippen MR) is 62.3 cm³/mol. The first-order valence-corrected chi connectivity index (χ1v) is 4.90. The van der Waals surface area contributed by atoms with E-state index >= 15 is 0 Å². The number of pyridine rings is 1. The first-order valence-electron chi connectivity index (χ1n) is 4.90. The molecule has 1 aromatic heterocycles. The molecule has 0 saturated heterocycles. The van der Waals surface area contributed by atoms with Crippen molar-refractivity contribution in [3.8, 4) is 0 Å². The highest BCUT2D eigenvalue weighted by Crippen LogP contribution is 2.16. The summed E-state index contributed by atoms with van der Waals surface area (Å²) in [6, 6.07) is 1.45. The molecule has 92 valence electrons. The Morgan fingerprint density at radius 2 is 2.24 bits per heavy atom. The SMILES string of the molecule is COC(=O)c1cc(N)cnc1NCCC(N)=O. The zero-order chi connectivity index (χ0) is 12.8. The van der Waals surface area contributed by atoms with Gasteiger partial charge in [-0.15, -0.1) is 0 Å². The van der Waals surface area contributed by atoms with Crippen LogP contribution < -0.4 is 16.8 Å². The summed E-state index contributed by atoms with van der Waals surface area (Å²) < 4.78 is 4.59. The summed E-state index contributed by atoms with van der Waals surface area (Å²) in [5.41, 5.74) is 11.1. The Hall–Kier alpha value is -2.31. The highest BCUT2D eigenvalue weighted by Gasteiger charge is 2.13. The third kappa shape index (κ3) is 3.63. The third-order valence-electron chi connectivity index (χ3n) is 1.98. The number of methoxy groups -OCH3 is 1. The van der Waals surface area contributed by atoms with Gasteiger partial charge in [0.15, 0.2) is 0 Å². The van der Waals surface area contributed by atoms with Crippen LogP contribution in [-0.2, 0) is 9.53 Å². The van der Waals surface area contributed by atoms with Crippen LogP contribution in [0.25, 0.3) is 0 Å². The lowest BCUT2D eigenvalue weighted by atomic mass is 10.2. The van der Waals surface area contributed by atoms with Crippen molar-refractivity contribution < 1.29 is 14.3 Å². The maximum absolute atomic E-state index is 11.4. The molecule has 7 heteroatoms. The van der Waals surface area contributed by atoms with E-state index in [2.05, 4.69) is 15.0 Å². The lowest BCUT2D eigenvalue weighted by Crippen LogP contribution is -2.18. The molecule has 17 heavy (non-hydrogen) atoms. The highest BCUT2D eigenvalue weighted by molar-refractivity contribution is 5.95. The lowest BCUT2D eigenvalue weighted by Gasteiger charge is -2.09. The van der Waals surface area contributed by atoms with E-state index in [0.29, 0.717) is 11.5 Å². The molecule has 1 aromatic rings. The number of nitrogens with two attached hydrogens (primary N) is 2. The van der Waals surface area contributed by atoms with Gasteiger partial charge in [-0.25, -0.2) is 9.78 Å². The maximum Gasteiger partial charge on any atom is 0.341 e. The first kappa shape index (κ1) is 12.8. The van der Waals surface area contributed by atoms with Gasteiger partial charge in [0.1, 0.15) is 11.4 Å². The van der Waals surface area contributed by atoms with Gasteiger partial charge in [0.05, 0.1) is 19.0 Å². The van der Waals surface area contributed by atoms with Crippen LogP contribution in [0.5, 0.6) is 0 Å². The standard InChI is InChI=1S/C10H14N4O3/c1-17-10(16)7-4-6(11)5-14-9(7)13-3-2-8(12)15/h4-5H,2-3,11H2,1H3,(H2,12,15)(H,13,14). The molecule has 1 amide bonds. The fourth-order valence-electron chi connectivity index (χ4n) is 1.19. The van der Waals surface area contributed by atoms with E-state index in [1.165, 1.54) is 19.4 Å². The van der Waals surface area contributed by atoms with E-state index < -0.39 is 11.9 Å². The molecule has 0 aliphatic heterocycles. The van der Waals surface area contributed by atoms with Crippen molar-refractivity contribution in [3.63, 3.8) is 0 Å². The number of rotatable bonds is 5. The van der Waals surface area contributed by atoms with Gasteiger partial charge in [-0.2, -0.15) is 0 Å². The van der Waals surface area contributed by atoms with E-state index in [1.54, 1.807) is 0 Å². The van der Waals surface area contributed by atoms with Crippen LogP contribution in [0.4, 0.5) is 11.5 Å². The Balaban J connectivity index is 2.83. The number of hydrogen-bond donors (Lipinski definition) is 3. The number of primary amides is 1. The summed E-state index contributed by atoms with van der Waals surface area (Å²) in [4.78, 5) is 26.0.